The minimum absolute atomic E-state index is 0.120. The van der Waals surface area contributed by atoms with E-state index in [1.54, 1.807) is 30.3 Å². The molecular weight excluding hydrogens is 558 g/mol. The first kappa shape index (κ1) is 27.9. The highest BCUT2D eigenvalue weighted by Gasteiger charge is 2.66. The standard InChI is InChI=1S/C28H27Cl2FN6O3/c1-27(2,3)10-19-28(16-8-7-13(29)9-18(16)36-26(28)40)20(15-5-4-6-17(30)21(15)31)22(37-19)25(39)35-14-11-33-24(23(32)38)34-12-14/h4-9,11-12,19-20,22,37H,10H2,1-3H3,(H2,32,38)(H,35,39)(H,36,40). The second kappa shape index (κ2) is 10.1. The number of aromatic nitrogens is 2. The van der Waals surface area contributed by atoms with Crippen molar-refractivity contribution in [2.75, 3.05) is 10.6 Å². The van der Waals surface area contributed by atoms with Gasteiger partial charge < -0.3 is 21.7 Å². The molecule has 0 saturated carbocycles. The van der Waals surface area contributed by atoms with Gasteiger partial charge in [0, 0.05) is 22.7 Å². The predicted molar refractivity (Wildman–Crippen MR) is 150 cm³/mol. The van der Waals surface area contributed by atoms with Crippen LogP contribution in [0.2, 0.25) is 10.0 Å². The summed E-state index contributed by atoms with van der Waals surface area (Å²) in [4.78, 5) is 47.1. The van der Waals surface area contributed by atoms with Crippen molar-refractivity contribution in [3.05, 3.63) is 81.6 Å². The number of nitrogens with zero attached hydrogens (tertiary/aromatic N) is 2. The van der Waals surface area contributed by atoms with E-state index >= 15 is 4.39 Å². The molecule has 40 heavy (non-hydrogen) atoms. The summed E-state index contributed by atoms with van der Waals surface area (Å²) in [5.74, 6) is -3.67. The van der Waals surface area contributed by atoms with Crippen LogP contribution in [0.25, 0.3) is 0 Å². The molecule has 208 valence electrons. The summed E-state index contributed by atoms with van der Waals surface area (Å²) in [6, 6.07) is 7.95. The summed E-state index contributed by atoms with van der Waals surface area (Å²) in [5, 5.41) is 9.34. The number of benzene rings is 2. The molecule has 5 N–H and O–H groups in total. The maximum absolute atomic E-state index is 15.8. The fourth-order valence-corrected chi connectivity index (χ4v) is 6.25. The minimum atomic E-state index is -1.38. The van der Waals surface area contributed by atoms with E-state index in [0.717, 1.165) is 0 Å². The van der Waals surface area contributed by atoms with Gasteiger partial charge in [0.05, 0.1) is 29.1 Å². The molecule has 3 aromatic rings. The lowest BCUT2D eigenvalue weighted by Crippen LogP contribution is -2.49. The number of rotatable bonds is 5. The zero-order chi connectivity index (χ0) is 29.0. The van der Waals surface area contributed by atoms with Crippen LogP contribution in [0.3, 0.4) is 0 Å². The molecule has 4 unspecified atom stereocenters. The molecule has 1 spiro atoms. The Bertz CT molecular complexity index is 1530. The first-order chi connectivity index (χ1) is 18.8. The molecule has 2 aliphatic heterocycles. The van der Waals surface area contributed by atoms with Crippen molar-refractivity contribution in [2.24, 2.45) is 11.1 Å². The fourth-order valence-electron chi connectivity index (χ4n) is 5.89. The number of hydrogen-bond acceptors (Lipinski definition) is 6. The lowest BCUT2D eigenvalue weighted by atomic mass is 9.62. The highest BCUT2D eigenvalue weighted by molar-refractivity contribution is 6.31. The second-order valence-electron chi connectivity index (χ2n) is 11.2. The molecule has 9 nitrogen and oxygen atoms in total. The third-order valence-electron chi connectivity index (χ3n) is 7.36. The molecule has 0 aliphatic carbocycles. The van der Waals surface area contributed by atoms with Crippen LogP contribution < -0.4 is 21.7 Å². The van der Waals surface area contributed by atoms with Gasteiger partial charge in [0.25, 0.3) is 5.91 Å². The van der Waals surface area contributed by atoms with Gasteiger partial charge in [0.2, 0.25) is 17.6 Å². The molecule has 1 fully saturated rings. The number of nitrogens with one attached hydrogen (secondary N) is 3. The monoisotopic (exact) mass is 584 g/mol. The second-order valence-corrected chi connectivity index (χ2v) is 12.1. The van der Waals surface area contributed by atoms with Crippen molar-refractivity contribution < 1.29 is 18.8 Å². The van der Waals surface area contributed by atoms with E-state index in [0.29, 0.717) is 22.7 Å². The van der Waals surface area contributed by atoms with E-state index in [9.17, 15) is 14.4 Å². The quantitative estimate of drug-likeness (QED) is 0.350. The summed E-state index contributed by atoms with van der Waals surface area (Å²) in [7, 11) is 0. The molecule has 3 amide bonds. The van der Waals surface area contributed by atoms with Crippen LogP contribution in [0.1, 0.15) is 54.9 Å². The van der Waals surface area contributed by atoms with Gasteiger partial charge in [-0.25, -0.2) is 14.4 Å². The lowest BCUT2D eigenvalue weighted by molar-refractivity contribution is -0.122. The minimum Gasteiger partial charge on any atom is -0.363 e. The number of carbonyl (C=O) groups excluding carboxylic acids is 3. The topological polar surface area (TPSA) is 139 Å². The van der Waals surface area contributed by atoms with Crippen LogP contribution in [0.4, 0.5) is 15.8 Å². The number of amides is 3. The number of halogens is 3. The van der Waals surface area contributed by atoms with Crippen LogP contribution >= 0.6 is 23.2 Å². The number of primary amides is 1. The third kappa shape index (κ3) is 4.70. The number of nitrogens with two attached hydrogens (primary N) is 1. The zero-order valence-electron chi connectivity index (χ0n) is 21.9. The summed E-state index contributed by atoms with van der Waals surface area (Å²) >= 11 is 12.5. The van der Waals surface area contributed by atoms with Crippen LogP contribution in [0, 0.1) is 11.2 Å². The van der Waals surface area contributed by atoms with E-state index < -0.39 is 41.0 Å². The smallest absolute Gasteiger partial charge is 0.286 e. The Morgan fingerprint density at radius 2 is 1.85 bits per heavy atom. The Kier molecular flexibility index (Phi) is 7.06. The van der Waals surface area contributed by atoms with Gasteiger partial charge in [-0.1, -0.05) is 62.2 Å². The Hall–Kier alpha value is -3.60. The van der Waals surface area contributed by atoms with Gasteiger partial charge in [-0.05, 0) is 41.2 Å². The van der Waals surface area contributed by atoms with Gasteiger partial charge in [-0.3, -0.25) is 14.4 Å². The lowest BCUT2D eigenvalue weighted by Gasteiger charge is -2.37. The summed E-state index contributed by atoms with van der Waals surface area (Å²) in [6.07, 6.45) is 2.97. The maximum Gasteiger partial charge on any atom is 0.286 e. The van der Waals surface area contributed by atoms with E-state index in [1.807, 2.05) is 20.8 Å². The molecular formula is C28H27Cl2FN6O3. The van der Waals surface area contributed by atoms with Crippen molar-refractivity contribution in [1.82, 2.24) is 15.3 Å². The highest BCUT2D eigenvalue weighted by Crippen LogP contribution is 2.57. The molecule has 2 aromatic carbocycles. The van der Waals surface area contributed by atoms with Crippen molar-refractivity contribution >= 4 is 52.3 Å². The molecule has 0 bridgehead atoms. The fraction of sp³-hybridized carbons (Fsp3) is 0.321. The average Bonchev–Trinajstić information content (AvgIpc) is 3.35. The molecule has 3 heterocycles. The van der Waals surface area contributed by atoms with Gasteiger partial charge in [-0.15, -0.1) is 0 Å². The van der Waals surface area contributed by atoms with Crippen molar-refractivity contribution in [3.8, 4) is 0 Å². The third-order valence-corrected chi connectivity index (χ3v) is 7.89. The van der Waals surface area contributed by atoms with Gasteiger partial charge >= 0.3 is 0 Å². The highest BCUT2D eigenvalue weighted by atomic mass is 35.5. The average molecular weight is 585 g/mol. The van der Waals surface area contributed by atoms with Gasteiger partial charge in [0.1, 0.15) is 11.2 Å². The first-order valence-corrected chi connectivity index (χ1v) is 13.3. The molecule has 0 radical (unpaired) electrons. The Balaban J connectivity index is 1.69. The van der Waals surface area contributed by atoms with E-state index in [4.69, 9.17) is 28.9 Å². The maximum atomic E-state index is 15.8. The van der Waals surface area contributed by atoms with E-state index in [2.05, 4.69) is 25.9 Å². The van der Waals surface area contributed by atoms with Crippen LogP contribution in [-0.4, -0.2) is 39.8 Å². The number of hydrogen-bond donors (Lipinski definition) is 4. The summed E-state index contributed by atoms with van der Waals surface area (Å²) < 4.78 is 15.8. The van der Waals surface area contributed by atoms with Crippen LogP contribution in [-0.2, 0) is 15.0 Å². The SMILES string of the molecule is CC(C)(C)CC1NC(C(=O)Nc2cnc(C(N)=O)nc2)C(c2cccc(Cl)c2F)C12C(=O)Nc1cc(Cl)ccc12. The molecule has 5 rings (SSSR count). The predicted octanol–water partition coefficient (Wildman–Crippen LogP) is 4.41. The largest absolute Gasteiger partial charge is 0.363 e. The molecule has 4 atom stereocenters. The number of anilines is 2. The van der Waals surface area contributed by atoms with Crippen molar-refractivity contribution in [2.45, 2.75) is 50.6 Å². The number of carbonyl (C=O) groups is 3. The van der Waals surface area contributed by atoms with Crippen molar-refractivity contribution in [3.63, 3.8) is 0 Å². The van der Waals surface area contributed by atoms with E-state index in [1.165, 1.54) is 18.5 Å². The Morgan fingerprint density at radius 1 is 1.15 bits per heavy atom. The molecule has 2 aliphatic rings. The number of fused-ring (bicyclic) bond motifs is 2. The normalized spacial score (nSPS) is 23.6. The molecule has 1 saturated heterocycles. The zero-order valence-corrected chi connectivity index (χ0v) is 23.4. The van der Waals surface area contributed by atoms with Gasteiger partial charge in [-0.2, -0.15) is 0 Å². The van der Waals surface area contributed by atoms with E-state index in [-0.39, 0.29) is 33.4 Å². The van der Waals surface area contributed by atoms with Crippen LogP contribution in [0.15, 0.2) is 48.8 Å². The summed E-state index contributed by atoms with van der Waals surface area (Å²) in [5.41, 5.74) is 4.98. The molecule has 1 aromatic heterocycles. The van der Waals surface area contributed by atoms with Gasteiger partial charge in [0.15, 0.2) is 0 Å². The van der Waals surface area contributed by atoms with Crippen LogP contribution in [0.5, 0.6) is 0 Å². The molecule has 12 heteroatoms. The Morgan fingerprint density at radius 3 is 2.50 bits per heavy atom. The first-order valence-electron chi connectivity index (χ1n) is 12.6. The Labute approximate surface area is 240 Å². The summed E-state index contributed by atoms with van der Waals surface area (Å²) in [6.45, 7) is 6.08. The van der Waals surface area contributed by atoms with Crippen molar-refractivity contribution in [1.29, 1.82) is 0 Å².